The molecule has 5 aromatic rings. The second kappa shape index (κ2) is 22.3. The number of benzene rings is 5. The van der Waals surface area contributed by atoms with E-state index in [1.165, 1.54) is 27.8 Å². The average Bonchev–Trinajstić information content (AvgIpc) is 2.96. The zero-order valence-corrected chi connectivity index (χ0v) is 23.5. The van der Waals surface area contributed by atoms with Crippen LogP contribution in [0.15, 0.2) is 152 Å². The van der Waals surface area contributed by atoms with Crippen molar-refractivity contribution in [3.63, 3.8) is 0 Å². The van der Waals surface area contributed by atoms with Crippen LogP contribution in [0.2, 0.25) is 0 Å². The standard InChI is InChI=1S/C9H12O.4C7H8/c10-8-4-7-9-5-2-1-3-6-9;4*1-7-5-3-2-4-6-7/h1-3,5-6,10H,4,7-8H2;4*2-6H,1H3. The van der Waals surface area contributed by atoms with Crippen LogP contribution in [0.3, 0.4) is 0 Å². The Morgan fingerprint density at radius 1 is 0.368 bits per heavy atom. The molecule has 0 aliphatic heterocycles. The second-order valence-electron chi connectivity index (χ2n) is 8.93. The topological polar surface area (TPSA) is 20.2 Å². The Labute approximate surface area is 231 Å². The Hall–Kier alpha value is -3.94. The van der Waals surface area contributed by atoms with Crippen LogP contribution in [0.4, 0.5) is 0 Å². The van der Waals surface area contributed by atoms with Gasteiger partial charge in [-0.05, 0) is 46.1 Å². The SMILES string of the molecule is Cc1ccccc1.Cc1ccccc1.Cc1ccccc1.Cc1ccccc1.OCCCc1ccccc1. The highest BCUT2D eigenvalue weighted by Crippen LogP contribution is 2.01. The molecule has 0 aromatic heterocycles. The molecule has 0 heterocycles. The molecule has 0 aliphatic carbocycles. The van der Waals surface area contributed by atoms with Crippen molar-refractivity contribution in [2.24, 2.45) is 0 Å². The van der Waals surface area contributed by atoms with Crippen LogP contribution >= 0.6 is 0 Å². The molecule has 0 fully saturated rings. The fraction of sp³-hybridized carbons (Fsp3) is 0.189. The van der Waals surface area contributed by atoms with Gasteiger partial charge >= 0.3 is 0 Å². The van der Waals surface area contributed by atoms with E-state index in [9.17, 15) is 0 Å². The number of aliphatic hydroxyl groups is 1. The lowest BCUT2D eigenvalue weighted by Gasteiger charge is -1.96. The Balaban J connectivity index is 0.000000239. The van der Waals surface area contributed by atoms with Gasteiger partial charge in [-0.25, -0.2) is 0 Å². The van der Waals surface area contributed by atoms with Gasteiger partial charge in [0.2, 0.25) is 0 Å². The molecule has 0 spiro atoms. The molecular weight excluding hydrogens is 460 g/mol. The third-order valence-electron chi connectivity index (χ3n) is 5.23. The summed E-state index contributed by atoms with van der Waals surface area (Å²) in [5.41, 5.74) is 6.59. The van der Waals surface area contributed by atoms with Crippen molar-refractivity contribution < 1.29 is 5.11 Å². The summed E-state index contributed by atoms with van der Waals surface area (Å²) >= 11 is 0. The lowest BCUT2D eigenvalue weighted by atomic mass is 10.1. The molecule has 5 aromatic carbocycles. The molecule has 38 heavy (non-hydrogen) atoms. The first-order valence-electron chi connectivity index (χ1n) is 13.2. The highest BCUT2D eigenvalue weighted by Gasteiger charge is 1.88. The van der Waals surface area contributed by atoms with Crippen LogP contribution in [0.5, 0.6) is 0 Å². The Kier molecular flexibility index (Phi) is 18.8. The Morgan fingerprint density at radius 2 is 0.605 bits per heavy atom. The second-order valence-corrected chi connectivity index (χ2v) is 8.93. The van der Waals surface area contributed by atoms with Crippen LogP contribution in [0.25, 0.3) is 0 Å². The van der Waals surface area contributed by atoms with E-state index < -0.39 is 0 Å². The predicted molar refractivity (Wildman–Crippen MR) is 167 cm³/mol. The van der Waals surface area contributed by atoms with Crippen molar-refractivity contribution in [2.45, 2.75) is 40.5 Å². The van der Waals surface area contributed by atoms with Crippen molar-refractivity contribution in [3.05, 3.63) is 179 Å². The first-order chi connectivity index (χ1) is 18.5. The highest BCUT2D eigenvalue weighted by molar-refractivity contribution is 5.15. The van der Waals surface area contributed by atoms with Crippen LogP contribution in [0.1, 0.15) is 34.2 Å². The van der Waals surface area contributed by atoms with Crippen molar-refractivity contribution in [1.82, 2.24) is 0 Å². The summed E-state index contributed by atoms with van der Waals surface area (Å²) in [6, 6.07) is 51.2. The van der Waals surface area contributed by atoms with Gasteiger partial charge in [0, 0.05) is 6.61 Å². The van der Waals surface area contributed by atoms with Crippen molar-refractivity contribution in [3.8, 4) is 0 Å². The lowest BCUT2D eigenvalue weighted by molar-refractivity contribution is 0.288. The summed E-state index contributed by atoms with van der Waals surface area (Å²) in [4.78, 5) is 0. The van der Waals surface area contributed by atoms with Crippen molar-refractivity contribution in [1.29, 1.82) is 0 Å². The van der Waals surface area contributed by atoms with E-state index in [1.807, 2.05) is 91.0 Å². The van der Waals surface area contributed by atoms with E-state index in [1.54, 1.807) is 0 Å². The third-order valence-corrected chi connectivity index (χ3v) is 5.23. The van der Waals surface area contributed by atoms with E-state index in [0.29, 0.717) is 0 Å². The maximum atomic E-state index is 8.53. The monoisotopic (exact) mass is 504 g/mol. The molecule has 198 valence electrons. The predicted octanol–water partition coefficient (Wildman–Crippen LogP) is 9.59. The minimum atomic E-state index is 0.287. The first-order valence-corrected chi connectivity index (χ1v) is 13.2. The molecule has 0 radical (unpaired) electrons. The van der Waals surface area contributed by atoms with Gasteiger partial charge in [0.1, 0.15) is 0 Å². The lowest BCUT2D eigenvalue weighted by Crippen LogP contribution is -1.87. The van der Waals surface area contributed by atoms with Gasteiger partial charge in [0.05, 0.1) is 0 Å². The molecular formula is C37H44O. The molecule has 0 saturated heterocycles. The zero-order valence-electron chi connectivity index (χ0n) is 23.5. The average molecular weight is 505 g/mol. The van der Waals surface area contributed by atoms with E-state index in [-0.39, 0.29) is 6.61 Å². The van der Waals surface area contributed by atoms with Gasteiger partial charge in [-0.15, -0.1) is 0 Å². The molecule has 0 aliphatic rings. The third kappa shape index (κ3) is 19.3. The minimum Gasteiger partial charge on any atom is -0.396 e. The molecule has 1 heteroatoms. The molecule has 5 rings (SSSR count). The first kappa shape index (κ1) is 32.1. The van der Waals surface area contributed by atoms with E-state index in [2.05, 4.69) is 88.4 Å². The molecule has 1 N–H and O–H groups in total. The van der Waals surface area contributed by atoms with Gasteiger partial charge < -0.3 is 5.11 Å². The number of aliphatic hydroxyl groups excluding tert-OH is 1. The Bertz CT molecular complexity index is 990. The summed E-state index contributed by atoms with van der Waals surface area (Å²) in [6.45, 7) is 8.62. The fourth-order valence-corrected chi connectivity index (χ4v) is 3.07. The smallest absolute Gasteiger partial charge is 0.0434 e. The number of rotatable bonds is 3. The number of hydrogen-bond acceptors (Lipinski definition) is 1. The zero-order chi connectivity index (χ0) is 27.7. The molecule has 0 amide bonds. The van der Waals surface area contributed by atoms with Gasteiger partial charge in [-0.2, -0.15) is 0 Å². The van der Waals surface area contributed by atoms with Crippen molar-refractivity contribution in [2.75, 3.05) is 6.61 Å². The summed E-state index contributed by atoms with van der Waals surface area (Å²) in [7, 11) is 0. The normalized spacial score (nSPS) is 8.97. The number of aryl methyl sites for hydroxylation is 5. The van der Waals surface area contributed by atoms with Crippen LogP contribution in [-0.4, -0.2) is 11.7 Å². The van der Waals surface area contributed by atoms with Crippen LogP contribution < -0.4 is 0 Å². The van der Waals surface area contributed by atoms with Gasteiger partial charge in [-0.1, -0.05) is 174 Å². The number of hydrogen-bond donors (Lipinski definition) is 1. The maximum Gasteiger partial charge on any atom is 0.0434 e. The molecule has 0 bridgehead atoms. The van der Waals surface area contributed by atoms with E-state index in [0.717, 1.165) is 12.8 Å². The summed E-state index contributed by atoms with van der Waals surface area (Å²) in [6.07, 6.45) is 1.85. The van der Waals surface area contributed by atoms with Gasteiger partial charge in [0.25, 0.3) is 0 Å². The Morgan fingerprint density at radius 3 is 0.789 bits per heavy atom. The summed E-state index contributed by atoms with van der Waals surface area (Å²) in [5, 5.41) is 8.53. The van der Waals surface area contributed by atoms with Gasteiger partial charge in [-0.3, -0.25) is 0 Å². The quantitative estimate of drug-likeness (QED) is 0.259. The fourth-order valence-electron chi connectivity index (χ4n) is 3.07. The maximum absolute atomic E-state index is 8.53. The van der Waals surface area contributed by atoms with E-state index in [4.69, 9.17) is 5.11 Å². The summed E-state index contributed by atoms with van der Waals surface area (Å²) < 4.78 is 0. The molecule has 0 saturated carbocycles. The summed E-state index contributed by atoms with van der Waals surface area (Å²) in [5.74, 6) is 0. The van der Waals surface area contributed by atoms with Crippen molar-refractivity contribution >= 4 is 0 Å². The van der Waals surface area contributed by atoms with Gasteiger partial charge in [0.15, 0.2) is 0 Å². The molecule has 1 nitrogen and oxygen atoms in total. The van der Waals surface area contributed by atoms with Crippen LogP contribution in [-0.2, 0) is 6.42 Å². The molecule has 0 atom stereocenters. The highest BCUT2D eigenvalue weighted by atomic mass is 16.2. The largest absolute Gasteiger partial charge is 0.396 e. The van der Waals surface area contributed by atoms with E-state index >= 15 is 0 Å². The minimum absolute atomic E-state index is 0.287. The van der Waals surface area contributed by atoms with Crippen LogP contribution in [0, 0.1) is 27.7 Å². The molecule has 0 unspecified atom stereocenters.